The van der Waals surface area contributed by atoms with E-state index in [4.69, 9.17) is 4.42 Å². The summed E-state index contributed by atoms with van der Waals surface area (Å²) >= 11 is 0. The van der Waals surface area contributed by atoms with Crippen molar-refractivity contribution in [1.29, 1.82) is 0 Å². The minimum absolute atomic E-state index is 0.0374. The van der Waals surface area contributed by atoms with Gasteiger partial charge in [0.25, 0.3) is 0 Å². The molecule has 0 amide bonds. The van der Waals surface area contributed by atoms with E-state index in [0.29, 0.717) is 12.4 Å². The van der Waals surface area contributed by atoms with Crippen LogP contribution in [0.1, 0.15) is 63.4 Å². The highest BCUT2D eigenvalue weighted by Crippen LogP contribution is 2.22. The number of hydrogen-bond donors (Lipinski definition) is 2. The Morgan fingerprint density at radius 1 is 1.24 bits per heavy atom. The monoisotopic (exact) mass is 342 g/mol. The van der Waals surface area contributed by atoms with Gasteiger partial charge in [-0.25, -0.2) is 4.98 Å². The van der Waals surface area contributed by atoms with Gasteiger partial charge in [0.05, 0.1) is 18.8 Å². The topological polar surface area (TPSA) is 62.5 Å². The SMILES string of the molecule is CCc1ccc(C(C)NC(=NC)NCc2ncc(C(C)(C)C)o2)cc1. The van der Waals surface area contributed by atoms with E-state index in [1.165, 1.54) is 11.1 Å². The van der Waals surface area contributed by atoms with Gasteiger partial charge in [0, 0.05) is 12.5 Å². The first kappa shape index (κ1) is 19.0. The summed E-state index contributed by atoms with van der Waals surface area (Å²) in [6.07, 6.45) is 2.85. The van der Waals surface area contributed by atoms with E-state index in [9.17, 15) is 0 Å². The molecule has 2 N–H and O–H groups in total. The van der Waals surface area contributed by atoms with Gasteiger partial charge in [-0.3, -0.25) is 4.99 Å². The van der Waals surface area contributed by atoms with E-state index < -0.39 is 0 Å². The molecule has 0 bridgehead atoms. The van der Waals surface area contributed by atoms with Crippen molar-refractivity contribution < 1.29 is 4.42 Å². The van der Waals surface area contributed by atoms with Crippen molar-refractivity contribution >= 4 is 5.96 Å². The Morgan fingerprint density at radius 3 is 2.44 bits per heavy atom. The van der Waals surface area contributed by atoms with Gasteiger partial charge in [-0.15, -0.1) is 0 Å². The molecule has 1 aromatic heterocycles. The molecular weight excluding hydrogens is 312 g/mol. The van der Waals surface area contributed by atoms with Crippen LogP contribution < -0.4 is 10.6 Å². The third kappa shape index (κ3) is 5.34. The zero-order chi connectivity index (χ0) is 18.4. The highest BCUT2D eigenvalue weighted by atomic mass is 16.4. The Bertz CT molecular complexity index is 695. The van der Waals surface area contributed by atoms with E-state index in [-0.39, 0.29) is 11.5 Å². The van der Waals surface area contributed by atoms with Crippen molar-refractivity contribution in [2.24, 2.45) is 4.99 Å². The molecular formula is C20H30N4O. The third-order valence-electron chi connectivity index (χ3n) is 4.16. The van der Waals surface area contributed by atoms with Crippen LogP contribution in [0, 0.1) is 0 Å². The highest BCUT2D eigenvalue weighted by molar-refractivity contribution is 5.80. The molecule has 1 atom stereocenters. The lowest BCUT2D eigenvalue weighted by Crippen LogP contribution is -2.38. The van der Waals surface area contributed by atoms with Crippen LogP contribution >= 0.6 is 0 Å². The molecule has 0 spiro atoms. The molecule has 0 radical (unpaired) electrons. The zero-order valence-electron chi connectivity index (χ0n) is 16.2. The van der Waals surface area contributed by atoms with Gasteiger partial charge in [0.2, 0.25) is 5.89 Å². The molecule has 0 aliphatic carbocycles. The molecule has 0 saturated heterocycles. The predicted molar refractivity (Wildman–Crippen MR) is 103 cm³/mol. The summed E-state index contributed by atoms with van der Waals surface area (Å²) in [4.78, 5) is 8.62. The molecule has 2 aromatic rings. The second-order valence-electron chi connectivity index (χ2n) is 7.26. The van der Waals surface area contributed by atoms with E-state index in [0.717, 1.165) is 18.1 Å². The lowest BCUT2D eigenvalue weighted by Gasteiger charge is -2.18. The minimum atomic E-state index is -0.0374. The van der Waals surface area contributed by atoms with Crippen molar-refractivity contribution in [1.82, 2.24) is 15.6 Å². The number of benzene rings is 1. The molecule has 25 heavy (non-hydrogen) atoms. The molecule has 2 rings (SSSR count). The zero-order valence-corrected chi connectivity index (χ0v) is 16.2. The lowest BCUT2D eigenvalue weighted by atomic mass is 9.94. The van der Waals surface area contributed by atoms with Gasteiger partial charge in [-0.1, -0.05) is 52.0 Å². The quantitative estimate of drug-likeness (QED) is 0.638. The maximum absolute atomic E-state index is 5.80. The molecule has 5 nitrogen and oxygen atoms in total. The van der Waals surface area contributed by atoms with Crippen LogP contribution in [-0.4, -0.2) is 18.0 Å². The first-order chi connectivity index (χ1) is 11.8. The smallest absolute Gasteiger partial charge is 0.213 e. The molecule has 1 aromatic carbocycles. The largest absolute Gasteiger partial charge is 0.443 e. The van der Waals surface area contributed by atoms with E-state index in [1.807, 2.05) is 0 Å². The fourth-order valence-corrected chi connectivity index (χ4v) is 2.42. The van der Waals surface area contributed by atoms with Crippen molar-refractivity contribution in [2.45, 2.75) is 59.0 Å². The van der Waals surface area contributed by atoms with Crippen LogP contribution in [0.2, 0.25) is 0 Å². The van der Waals surface area contributed by atoms with Crippen molar-refractivity contribution in [3.05, 3.63) is 53.2 Å². The molecule has 1 unspecified atom stereocenters. The van der Waals surface area contributed by atoms with E-state index in [1.54, 1.807) is 13.2 Å². The van der Waals surface area contributed by atoms with Crippen LogP contribution in [-0.2, 0) is 18.4 Å². The van der Waals surface area contributed by atoms with Gasteiger partial charge in [-0.05, 0) is 24.5 Å². The number of oxazole rings is 1. The number of rotatable bonds is 5. The summed E-state index contributed by atoms with van der Waals surface area (Å²) < 4.78 is 5.80. The van der Waals surface area contributed by atoms with Gasteiger partial charge in [-0.2, -0.15) is 0 Å². The summed E-state index contributed by atoms with van der Waals surface area (Å²) in [5, 5.41) is 6.65. The Labute approximate surface area is 151 Å². The molecule has 0 aliphatic rings. The number of aryl methyl sites for hydroxylation is 1. The Hall–Kier alpha value is -2.30. The number of guanidine groups is 1. The van der Waals surface area contributed by atoms with Crippen molar-refractivity contribution in [3.8, 4) is 0 Å². The first-order valence-electron chi connectivity index (χ1n) is 8.84. The average molecular weight is 342 g/mol. The van der Waals surface area contributed by atoms with Crippen LogP contribution in [0.5, 0.6) is 0 Å². The summed E-state index contributed by atoms with van der Waals surface area (Å²) in [5.41, 5.74) is 2.54. The standard InChI is InChI=1S/C20H30N4O/c1-7-15-8-10-16(11-9-15)14(2)24-19(21-6)23-13-18-22-12-17(25-18)20(3,4)5/h8-12,14H,7,13H2,1-6H3,(H2,21,23,24). The van der Waals surface area contributed by atoms with Crippen LogP contribution in [0.3, 0.4) is 0 Å². The molecule has 0 aliphatic heterocycles. The molecule has 1 heterocycles. The Morgan fingerprint density at radius 2 is 1.92 bits per heavy atom. The van der Waals surface area contributed by atoms with Crippen molar-refractivity contribution in [3.63, 3.8) is 0 Å². The Kier molecular flexibility index (Phi) is 6.23. The minimum Gasteiger partial charge on any atom is -0.443 e. The lowest BCUT2D eigenvalue weighted by molar-refractivity contribution is 0.379. The fraction of sp³-hybridized carbons (Fsp3) is 0.500. The van der Waals surface area contributed by atoms with Crippen LogP contribution in [0.15, 0.2) is 39.9 Å². The van der Waals surface area contributed by atoms with E-state index in [2.05, 4.69) is 79.5 Å². The summed E-state index contributed by atoms with van der Waals surface area (Å²) in [5.74, 6) is 2.27. The van der Waals surface area contributed by atoms with Gasteiger partial charge in [0.15, 0.2) is 5.96 Å². The summed E-state index contributed by atoms with van der Waals surface area (Å²) in [7, 11) is 1.76. The average Bonchev–Trinajstić information content (AvgIpc) is 3.08. The van der Waals surface area contributed by atoms with Crippen molar-refractivity contribution in [2.75, 3.05) is 7.05 Å². The van der Waals surface area contributed by atoms with Gasteiger partial charge in [0.1, 0.15) is 5.76 Å². The molecule has 5 heteroatoms. The summed E-state index contributed by atoms with van der Waals surface area (Å²) in [6.45, 7) is 11.1. The predicted octanol–water partition coefficient (Wildman–Crippen LogP) is 3.96. The molecule has 0 saturated carbocycles. The first-order valence-corrected chi connectivity index (χ1v) is 8.84. The normalized spacial score (nSPS) is 13.6. The number of nitrogens with one attached hydrogen (secondary N) is 2. The number of aliphatic imine (C=N–C) groups is 1. The van der Waals surface area contributed by atoms with Gasteiger partial charge < -0.3 is 15.1 Å². The maximum Gasteiger partial charge on any atom is 0.213 e. The van der Waals surface area contributed by atoms with Crippen LogP contribution in [0.25, 0.3) is 0 Å². The third-order valence-corrected chi connectivity index (χ3v) is 4.16. The van der Waals surface area contributed by atoms with Crippen LogP contribution in [0.4, 0.5) is 0 Å². The summed E-state index contributed by atoms with van der Waals surface area (Å²) in [6, 6.07) is 8.82. The second kappa shape index (κ2) is 8.19. The van der Waals surface area contributed by atoms with E-state index >= 15 is 0 Å². The maximum atomic E-state index is 5.80. The fourth-order valence-electron chi connectivity index (χ4n) is 2.42. The molecule has 0 fully saturated rings. The number of aromatic nitrogens is 1. The van der Waals surface area contributed by atoms with Gasteiger partial charge >= 0.3 is 0 Å². The molecule has 136 valence electrons. The number of nitrogens with zero attached hydrogens (tertiary/aromatic N) is 2. The highest BCUT2D eigenvalue weighted by Gasteiger charge is 2.19. The number of hydrogen-bond acceptors (Lipinski definition) is 3. The Balaban J connectivity index is 1.92. The second-order valence-corrected chi connectivity index (χ2v) is 7.26.